The van der Waals surface area contributed by atoms with Gasteiger partial charge in [-0.2, -0.15) is 4.98 Å². The maximum absolute atomic E-state index is 14.2. The molecular formula is C37H42FN5O7S. The summed E-state index contributed by atoms with van der Waals surface area (Å²) >= 11 is 0. The molecule has 2 aromatic carbocycles. The van der Waals surface area contributed by atoms with E-state index in [-0.39, 0.29) is 37.0 Å². The van der Waals surface area contributed by atoms with E-state index in [0.717, 1.165) is 24.8 Å². The van der Waals surface area contributed by atoms with Crippen molar-refractivity contribution in [2.45, 2.75) is 75.2 Å². The lowest BCUT2D eigenvalue weighted by Crippen LogP contribution is -2.54. The summed E-state index contributed by atoms with van der Waals surface area (Å²) in [6, 6.07) is 9.39. The van der Waals surface area contributed by atoms with Gasteiger partial charge in [0.05, 0.1) is 35.1 Å². The van der Waals surface area contributed by atoms with Gasteiger partial charge < -0.3 is 19.7 Å². The van der Waals surface area contributed by atoms with Crippen molar-refractivity contribution in [2.75, 3.05) is 20.7 Å². The van der Waals surface area contributed by atoms with Crippen LogP contribution in [0.3, 0.4) is 0 Å². The zero-order valence-electron chi connectivity index (χ0n) is 28.9. The molecule has 0 saturated heterocycles. The van der Waals surface area contributed by atoms with Crippen molar-refractivity contribution in [3.05, 3.63) is 59.9 Å². The number of aryl methyl sites for hydroxylation is 1. The molecule has 12 nitrogen and oxygen atoms in total. The average Bonchev–Trinajstić information content (AvgIpc) is 4.03. The van der Waals surface area contributed by atoms with Crippen LogP contribution >= 0.6 is 0 Å². The number of hydrogen-bond acceptors (Lipinski definition) is 9. The lowest BCUT2D eigenvalue weighted by molar-refractivity contribution is -0.140. The third kappa shape index (κ3) is 6.89. The summed E-state index contributed by atoms with van der Waals surface area (Å²) in [5.74, 6) is -2.66. The quantitative estimate of drug-likeness (QED) is 0.342. The van der Waals surface area contributed by atoms with Gasteiger partial charge in [0, 0.05) is 30.6 Å². The van der Waals surface area contributed by atoms with E-state index >= 15 is 0 Å². The van der Waals surface area contributed by atoms with Gasteiger partial charge in [-0.05, 0) is 94.7 Å². The molecule has 4 aliphatic rings. The molecule has 1 aliphatic heterocycles. The Kier molecular flexibility index (Phi) is 9.23. The fourth-order valence-corrected chi connectivity index (χ4v) is 8.74. The minimum absolute atomic E-state index is 0.154. The van der Waals surface area contributed by atoms with Crippen LogP contribution in [0.1, 0.15) is 56.9 Å². The number of halogens is 1. The van der Waals surface area contributed by atoms with Crippen molar-refractivity contribution in [2.24, 2.45) is 17.8 Å². The number of benzene rings is 2. The molecule has 3 saturated carbocycles. The van der Waals surface area contributed by atoms with Gasteiger partial charge in [0.15, 0.2) is 5.82 Å². The normalized spacial score (nSPS) is 27.5. The summed E-state index contributed by atoms with van der Waals surface area (Å²) < 4.78 is 53.6. The second kappa shape index (κ2) is 13.5. The lowest BCUT2D eigenvalue weighted by atomic mass is 9.93. The summed E-state index contributed by atoms with van der Waals surface area (Å²) in [6.45, 7) is 2.39. The largest absolute Gasteiger partial charge is 0.496 e. The highest BCUT2D eigenvalue weighted by Gasteiger charge is 2.62. The third-order valence-corrected chi connectivity index (χ3v) is 12.5. The van der Waals surface area contributed by atoms with Crippen molar-refractivity contribution >= 4 is 38.6 Å². The minimum Gasteiger partial charge on any atom is -0.496 e. The van der Waals surface area contributed by atoms with Crippen molar-refractivity contribution in [3.63, 3.8) is 0 Å². The maximum atomic E-state index is 14.2. The number of carbonyl (C=O) groups is 3. The molecule has 14 heteroatoms. The Morgan fingerprint density at radius 3 is 2.53 bits per heavy atom. The van der Waals surface area contributed by atoms with Gasteiger partial charge in [0.1, 0.15) is 23.2 Å². The van der Waals surface area contributed by atoms with Crippen LogP contribution in [0.5, 0.6) is 11.6 Å². The maximum Gasteiger partial charge on any atom is 0.259 e. The highest BCUT2D eigenvalue weighted by atomic mass is 32.2. The number of aromatic nitrogens is 2. The monoisotopic (exact) mass is 719 g/mol. The molecule has 3 aromatic rings. The summed E-state index contributed by atoms with van der Waals surface area (Å²) in [5, 5.41) is 2.92. The van der Waals surface area contributed by atoms with E-state index in [1.165, 1.54) is 12.1 Å². The summed E-state index contributed by atoms with van der Waals surface area (Å²) in [7, 11) is -0.556. The molecular weight excluding hydrogens is 678 g/mol. The molecule has 270 valence electrons. The number of fused-ring (bicyclic) bond motifs is 3. The highest BCUT2D eigenvalue weighted by Crippen LogP contribution is 2.47. The minimum atomic E-state index is -3.85. The Morgan fingerprint density at radius 2 is 1.80 bits per heavy atom. The Bertz CT molecular complexity index is 2020. The second-order valence-electron chi connectivity index (χ2n) is 14.2. The van der Waals surface area contributed by atoms with Gasteiger partial charge in [-0.15, -0.1) is 0 Å². The van der Waals surface area contributed by atoms with E-state index in [1.807, 2.05) is 19.1 Å². The second-order valence-corrected chi connectivity index (χ2v) is 16.2. The number of hydrogen-bond donors (Lipinski definition) is 2. The SMILES string of the molecule is COc1ccc2c(O[C@H]3CC4C(=O)N(C)CCCC/C=C\[C@@H]5C[C@@]5(C(=O)NS(=O)(=O)C5CC5)NC(=O)[C@@H]4C3)nc(-c3ccc(F)cc3)nc2c1C. The summed E-state index contributed by atoms with van der Waals surface area (Å²) in [4.78, 5) is 52.9. The first-order valence-corrected chi connectivity index (χ1v) is 19.0. The molecule has 51 heavy (non-hydrogen) atoms. The van der Waals surface area contributed by atoms with Crippen LogP contribution in [-0.2, 0) is 24.4 Å². The van der Waals surface area contributed by atoms with Crippen LogP contribution in [0.2, 0.25) is 0 Å². The van der Waals surface area contributed by atoms with Gasteiger partial charge >= 0.3 is 0 Å². The first-order chi connectivity index (χ1) is 24.4. The van der Waals surface area contributed by atoms with Crippen LogP contribution in [0.15, 0.2) is 48.6 Å². The zero-order chi connectivity index (χ0) is 36.1. The van der Waals surface area contributed by atoms with Crippen molar-refractivity contribution in [1.29, 1.82) is 0 Å². The average molecular weight is 720 g/mol. The van der Waals surface area contributed by atoms with Crippen molar-refractivity contribution < 1.29 is 36.7 Å². The number of nitrogens with zero attached hydrogens (tertiary/aromatic N) is 3. The van der Waals surface area contributed by atoms with Gasteiger partial charge in [0.25, 0.3) is 5.91 Å². The van der Waals surface area contributed by atoms with Crippen LogP contribution in [0, 0.1) is 30.5 Å². The number of allylic oxidation sites excluding steroid dienone is 1. The number of sulfonamides is 1. The Balaban J connectivity index is 1.21. The predicted octanol–water partition coefficient (Wildman–Crippen LogP) is 4.21. The summed E-state index contributed by atoms with van der Waals surface area (Å²) in [5.41, 5.74) is 0.468. The van der Waals surface area contributed by atoms with Gasteiger partial charge in [-0.3, -0.25) is 19.1 Å². The van der Waals surface area contributed by atoms with E-state index < -0.39 is 56.4 Å². The molecule has 1 aromatic heterocycles. The summed E-state index contributed by atoms with van der Waals surface area (Å²) in [6.07, 6.45) is 7.15. The predicted molar refractivity (Wildman–Crippen MR) is 187 cm³/mol. The fraction of sp³-hybridized carbons (Fsp3) is 0.486. The van der Waals surface area contributed by atoms with Crippen LogP contribution in [0.4, 0.5) is 4.39 Å². The molecule has 0 radical (unpaired) electrons. The molecule has 3 fully saturated rings. The van der Waals surface area contributed by atoms with E-state index in [2.05, 4.69) is 10.0 Å². The Morgan fingerprint density at radius 1 is 1.06 bits per heavy atom. The molecule has 0 bridgehead atoms. The molecule has 3 aliphatic carbocycles. The standard InChI is InChI=1S/C37H42FN5O7S/c1-21-30(49-3)16-15-27-31(21)39-32(22-9-11-24(38)12-10-22)40-34(27)50-25-18-28-29(19-25)35(45)43(2)17-7-5-4-6-8-23-20-37(23,41-33(28)44)36(46)42-51(47,48)26-13-14-26/h6,8-12,15-16,23,25-26,28-29H,4-5,7,13-14,17-20H2,1-3H3,(H,41,44)(H,42,46)/b8-6-/t23-,25-,28-,29?,37-/m1/s1. The molecule has 2 heterocycles. The smallest absolute Gasteiger partial charge is 0.259 e. The number of methoxy groups -OCH3 is 1. The van der Waals surface area contributed by atoms with Crippen LogP contribution < -0.4 is 19.5 Å². The number of rotatable bonds is 7. The first-order valence-electron chi connectivity index (χ1n) is 17.5. The van der Waals surface area contributed by atoms with Crippen molar-refractivity contribution in [3.8, 4) is 23.0 Å². The molecule has 2 N–H and O–H groups in total. The molecule has 7 rings (SSSR count). The van der Waals surface area contributed by atoms with Crippen molar-refractivity contribution in [1.82, 2.24) is 24.9 Å². The lowest BCUT2D eigenvalue weighted by Gasteiger charge is -2.26. The van der Waals surface area contributed by atoms with Gasteiger partial charge in [0.2, 0.25) is 27.7 Å². The Labute approximate surface area is 296 Å². The van der Waals surface area contributed by atoms with E-state index in [0.29, 0.717) is 47.4 Å². The fourth-order valence-electron chi connectivity index (χ4n) is 7.37. The molecule has 3 amide bonds. The number of nitrogens with one attached hydrogen (secondary N) is 2. The molecule has 0 spiro atoms. The van der Waals surface area contributed by atoms with Crippen LogP contribution in [0.25, 0.3) is 22.3 Å². The van der Waals surface area contributed by atoms with Gasteiger partial charge in [-0.25, -0.2) is 17.8 Å². The van der Waals surface area contributed by atoms with E-state index in [1.54, 1.807) is 43.3 Å². The third-order valence-electron chi connectivity index (χ3n) is 10.6. The molecule has 5 atom stereocenters. The number of amides is 3. The zero-order valence-corrected chi connectivity index (χ0v) is 29.7. The van der Waals surface area contributed by atoms with Gasteiger partial charge in [-0.1, -0.05) is 12.2 Å². The number of carbonyl (C=O) groups excluding carboxylic acids is 3. The highest BCUT2D eigenvalue weighted by molar-refractivity contribution is 7.91. The van der Waals surface area contributed by atoms with E-state index in [4.69, 9.17) is 19.4 Å². The number of ether oxygens (including phenoxy) is 2. The molecule has 1 unspecified atom stereocenters. The Hall–Kier alpha value is -4.59. The topological polar surface area (TPSA) is 157 Å². The van der Waals surface area contributed by atoms with E-state index in [9.17, 15) is 27.2 Å². The van der Waals surface area contributed by atoms with Crippen LogP contribution in [-0.4, -0.2) is 78.6 Å². The first kappa shape index (κ1) is 34.8.